The average Bonchev–Trinajstić information content (AvgIpc) is 3.16. The predicted octanol–water partition coefficient (Wildman–Crippen LogP) is 3.02. The minimum Gasteiger partial charge on any atom is -0.361 e. The Kier molecular flexibility index (Phi) is 4.05. The largest absolute Gasteiger partial charge is 0.361 e. The molecule has 1 amide bonds. The summed E-state index contributed by atoms with van der Waals surface area (Å²) < 4.78 is 5.19. The van der Waals surface area contributed by atoms with Gasteiger partial charge in [-0.25, -0.2) is 4.98 Å². The Morgan fingerprint density at radius 1 is 1.57 bits per heavy atom. The fourth-order valence-corrected chi connectivity index (χ4v) is 3.66. The van der Waals surface area contributed by atoms with Crippen molar-refractivity contribution in [2.75, 3.05) is 13.1 Å². The molecule has 2 aromatic heterocycles. The Hall–Kier alpha value is -1.69. The molecular formula is C15H19N3O2S. The Labute approximate surface area is 128 Å². The molecule has 0 unspecified atom stereocenters. The number of hydrogen-bond donors (Lipinski definition) is 0. The summed E-state index contributed by atoms with van der Waals surface area (Å²) in [5, 5.41) is 7.11. The molecule has 21 heavy (non-hydrogen) atoms. The zero-order valence-electron chi connectivity index (χ0n) is 12.3. The van der Waals surface area contributed by atoms with Crippen LogP contribution in [0.1, 0.15) is 52.5 Å². The molecule has 6 heteroatoms. The molecule has 5 nitrogen and oxygen atoms in total. The fourth-order valence-electron chi connectivity index (χ4n) is 2.89. The minimum atomic E-state index is 0.0480. The van der Waals surface area contributed by atoms with E-state index in [0.717, 1.165) is 36.6 Å². The molecule has 1 atom stereocenters. The van der Waals surface area contributed by atoms with E-state index in [1.807, 2.05) is 30.3 Å². The second-order valence-corrected chi connectivity index (χ2v) is 6.30. The van der Waals surface area contributed by atoms with Crippen LogP contribution in [-0.4, -0.2) is 34.0 Å². The molecule has 1 saturated heterocycles. The molecular weight excluding hydrogens is 286 g/mol. The highest BCUT2D eigenvalue weighted by molar-refractivity contribution is 7.09. The van der Waals surface area contributed by atoms with Crippen LogP contribution >= 0.6 is 11.3 Å². The maximum absolute atomic E-state index is 12.8. The topological polar surface area (TPSA) is 59.2 Å². The highest BCUT2D eigenvalue weighted by Gasteiger charge is 2.30. The number of aromatic nitrogens is 2. The van der Waals surface area contributed by atoms with E-state index >= 15 is 0 Å². The lowest BCUT2D eigenvalue weighted by molar-refractivity contribution is 0.0704. The van der Waals surface area contributed by atoms with E-state index in [1.165, 1.54) is 0 Å². The van der Waals surface area contributed by atoms with E-state index in [1.54, 1.807) is 11.3 Å². The third kappa shape index (κ3) is 2.72. The third-order valence-electron chi connectivity index (χ3n) is 3.99. The molecule has 3 rings (SSSR count). The van der Waals surface area contributed by atoms with Gasteiger partial charge in [0, 0.05) is 30.6 Å². The van der Waals surface area contributed by atoms with Crippen molar-refractivity contribution in [3.05, 3.63) is 33.6 Å². The maximum Gasteiger partial charge on any atom is 0.259 e. The van der Waals surface area contributed by atoms with Gasteiger partial charge in [0.2, 0.25) is 0 Å². The van der Waals surface area contributed by atoms with Crippen LogP contribution in [0.4, 0.5) is 0 Å². The summed E-state index contributed by atoms with van der Waals surface area (Å²) in [7, 11) is 0. The van der Waals surface area contributed by atoms with Crippen LogP contribution in [0.2, 0.25) is 0 Å². The smallest absolute Gasteiger partial charge is 0.259 e. The van der Waals surface area contributed by atoms with Crippen LogP contribution in [-0.2, 0) is 6.42 Å². The van der Waals surface area contributed by atoms with E-state index in [0.29, 0.717) is 23.7 Å². The molecule has 3 heterocycles. The van der Waals surface area contributed by atoms with E-state index in [4.69, 9.17) is 4.52 Å². The number of piperidine rings is 1. The standard InChI is InChI=1S/C15H19N3O2S/c1-3-12-13(10(2)20-17-12)15(19)18-7-4-5-11(9-18)14-16-6-8-21-14/h6,8,11H,3-5,7,9H2,1-2H3/t11-/m0/s1. The molecule has 0 spiro atoms. The number of rotatable bonds is 3. The molecule has 1 aliphatic rings. The van der Waals surface area contributed by atoms with Crippen LogP contribution in [0.3, 0.4) is 0 Å². The summed E-state index contributed by atoms with van der Waals surface area (Å²) in [6.07, 6.45) is 4.66. The second kappa shape index (κ2) is 5.97. The predicted molar refractivity (Wildman–Crippen MR) is 80.6 cm³/mol. The number of carbonyl (C=O) groups is 1. The van der Waals surface area contributed by atoms with Crippen LogP contribution < -0.4 is 0 Å². The summed E-state index contributed by atoms with van der Waals surface area (Å²) in [5.74, 6) is 1.02. The summed E-state index contributed by atoms with van der Waals surface area (Å²) in [6, 6.07) is 0. The Bertz CT molecular complexity index is 621. The van der Waals surface area contributed by atoms with Crippen LogP contribution in [0.25, 0.3) is 0 Å². The summed E-state index contributed by atoms with van der Waals surface area (Å²) >= 11 is 1.67. The molecule has 0 aliphatic carbocycles. The molecule has 0 aromatic carbocycles. The first-order valence-electron chi connectivity index (χ1n) is 7.34. The summed E-state index contributed by atoms with van der Waals surface area (Å²) in [4.78, 5) is 19.1. The van der Waals surface area contributed by atoms with Crippen molar-refractivity contribution in [1.29, 1.82) is 0 Å². The van der Waals surface area contributed by atoms with Gasteiger partial charge in [-0.05, 0) is 26.2 Å². The van der Waals surface area contributed by atoms with Gasteiger partial charge < -0.3 is 9.42 Å². The van der Waals surface area contributed by atoms with Crippen molar-refractivity contribution in [3.63, 3.8) is 0 Å². The SMILES string of the molecule is CCc1noc(C)c1C(=O)N1CCC[C@H](c2nccs2)C1. The normalized spacial score (nSPS) is 19.0. The highest BCUT2D eigenvalue weighted by atomic mass is 32.1. The van der Waals surface area contributed by atoms with Gasteiger partial charge >= 0.3 is 0 Å². The zero-order chi connectivity index (χ0) is 14.8. The molecule has 1 fully saturated rings. The van der Waals surface area contributed by atoms with E-state index in [-0.39, 0.29) is 5.91 Å². The number of carbonyl (C=O) groups excluding carboxylic acids is 1. The van der Waals surface area contributed by atoms with Crippen LogP contribution in [0.5, 0.6) is 0 Å². The third-order valence-corrected chi connectivity index (χ3v) is 4.93. The molecule has 0 N–H and O–H groups in total. The quantitative estimate of drug-likeness (QED) is 0.874. The van der Waals surface area contributed by atoms with Crippen molar-refractivity contribution < 1.29 is 9.32 Å². The first-order chi connectivity index (χ1) is 10.2. The van der Waals surface area contributed by atoms with Gasteiger partial charge in [0.15, 0.2) is 0 Å². The molecule has 0 saturated carbocycles. The molecule has 1 aliphatic heterocycles. The van der Waals surface area contributed by atoms with Gasteiger partial charge in [0.1, 0.15) is 11.3 Å². The van der Waals surface area contributed by atoms with E-state index in [9.17, 15) is 4.79 Å². The molecule has 0 bridgehead atoms. The van der Waals surface area contributed by atoms with Gasteiger partial charge in [0.25, 0.3) is 5.91 Å². The number of amides is 1. The minimum absolute atomic E-state index is 0.0480. The van der Waals surface area contributed by atoms with Crippen molar-refractivity contribution in [3.8, 4) is 0 Å². The van der Waals surface area contributed by atoms with Gasteiger partial charge in [-0.3, -0.25) is 4.79 Å². The van der Waals surface area contributed by atoms with Crippen molar-refractivity contribution in [2.24, 2.45) is 0 Å². The van der Waals surface area contributed by atoms with Gasteiger partial charge in [-0.1, -0.05) is 12.1 Å². The number of likely N-dealkylation sites (tertiary alicyclic amines) is 1. The lowest BCUT2D eigenvalue weighted by Gasteiger charge is -2.31. The number of nitrogens with zero attached hydrogens (tertiary/aromatic N) is 3. The Balaban J connectivity index is 1.80. The van der Waals surface area contributed by atoms with Crippen LogP contribution in [0.15, 0.2) is 16.1 Å². The average molecular weight is 305 g/mol. The van der Waals surface area contributed by atoms with Gasteiger partial charge in [0.05, 0.1) is 10.7 Å². The molecule has 2 aromatic rings. The monoisotopic (exact) mass is 305 g/mol. The Morgan fingerprint density at radius 3 is 3.14 bits per heavy atom. The molecule has 112 valence electrons. The van der Waals surface area contributed by atoms with Gasteiger partial charge in [-0.15, -0.1) is 11.3 Å². The number of hydrogen-bond acceptors (Lipinski definition) is 5. The van der Waals surface area contributed by atoms with E-state index < -0.39 is 0 Å². The summed E-state index contributed by atoms with van der Waals surface area (Å²) in [5.41, 5.74) is 1.41. The van der Waals surface area contributed by atoms with Crippen molar-refractivity contribution in [2.45, 2.75) is 39.0 Å². The van der Waals surface area contributed by atoms with Crippen molar-refractivity contribution >= 4 is 17.2 Å². The lowest BCUT2D eigenvalue weighted by Crippen LogP contribution is -2.39. The lowest BCUT2D eigenvalue weighted by atomic mass is 9.97. The number of thiazole rings is 1. The second-order valence-electron chi connectivity index (χ2n) is 5.37. The maximum atomic E-state index is 12.8. The van der Waals surface area contributed by atoms with E-state index in [2.05, 4.69) is 10.1 Å². The highest BCUT2D eigenvalue weighted by Crippen LogP contribution is 2.29. The fraction of sp³-hybridized carbons (Fsp3) is 0.533. The molecule has 0 radical (unpaired) electrons. The first-order valence-corrected chi connectivity index (χ1v) is 8.22. The Morgan fingerprint density at radius 2 is 2.43 bits per heavy atom. The first kappa shape index (κ1) is 14.3. The number of aryl methyl sites for hydroxylation is 2. The van der Waals surface area contributed by atoms with Crippen LogP contribution in [0, 0.1) is 6.92 Å². The van der Waals surface area contributed by atoms with Gasteiger partial charge in [-0.2, -0.15) is 0 Å². The zero-order valence-corrected chi connectivity index (χ0v) is 13.2. The summed E-state index contributed by atoms with van der Waals surface area (Å²) in [6.45, 7) is 5.33. The van der Waals surface area contributed by atoms with Crippen molar-refractivity contribution in [1.82, 2.24) is 15.0 Å².